The van der Waals surface area contributed by atoms with Crippen molar-refractivity contribution in [1.29, 1.82) is 0 Å². The summed E-state index contributed by atoms with van der Waals surface area (Å²) in [6.07, 6.45) is 7.13. The lowest BCUT2D eigenvalue weighted by atomic mass is 9.93. The van der Waals surface area contributed by atoms with Gasteiger partial charge < -0.3 is 5.32 Å². The lowest BCUT2D eigenvalue weighted by Gasteiger charge is -2.22. The summed E-state index contributed by atoms with van der Waals surface area (Å²) in [5.74, 6) is 0.297. The number of fused-ring (bicyclic) bond motifs is 3. The summed E-state index contributed by atoms with van der Waals surface area (Å²) in [5, 5.41) is 3.29. The molecule has 0 fully saturated rings. The number of hydrogen-bond acceptors (Lipinski definition) is 1. The molecule has 0 heterocycles. The molecule has 2 aliphatic carbocycles. The maximum atomic E-state index is 12.6. The van der Waals surface area contributed by atoms with E-state index in [9.17, 15) is 4.79 Å². The van der Waals surface area contributed by atoms with E-state index >= 15 is 0 Å². The summed E-state index contributed by atoms with van der Waals surface area (Å²) >= 11 is 0. The molecule has 110 valence electrons. The Morgan fingerprint density at radius 1 is 0.909 bits per heavy atom. The maximum Gasteiger partial charge on any atom is 0.224 e. The van der Waals surface area contributed by atoms with Gasteiger partial charge in [0.2, 0.25) is 5.91 Å². The molecular formula is C20H19NO. The molecule has 2 aliphatic rings. The van der Waals surface area contributed by atoms with Crippen LogP contribution >= 0.6 is 0 Å². The molecule has 0 bridgehead atoms. The van der Waals surface area contributed by atoms with Crippen molar-refractivity contribution in [1.82, 2.24) is 5.32 Å². The maximum absolute atomic E-state index is 12.6. The predicted molar refractivity (Wildman–Crippen MR) is 88.3 cm³/mol. The molecule has 2 aromatic rings. The van der Waals surface area contributed by atoms with E-state index in [4.69, 9.17) is 0 Å². The molecule has 22 heavy (non-hydrogen) atoms. The summed E-state index contributed by atoms with van der Waals surface area (Å²) in [5.41, 5.74) is 4.91. The Balaban J connectivity index is 1.67. The van der Waals surface area contributed by atoms with E-state index in [0.29, 0.717) is 0 Å². The van der Waals surface area contributed by atoms with E-state index in [1.54, 1.807) is 0 Å². The van der Waals surface area contributed by atoms with Gasteiger partial charge in [-0.2, -0.15) is 0 Å². The summed E-state index contributed by atoms with van der Waals surface area (Å²) in [4.78, 5) is 12.6. The van der Waals surface area contributed by atoms with E-state index in [0.717, 1.165) is 19.3 Å². The van der Waals surface area contributed by atoms with Crippen molar-refractivity contribution >= 4 is 5.91 Å². The van der Waals surface area contributed by atoms with Crippen molar-refractivity contribution in [3.63, 3.8) is 0 Å². The summed E-state index contributed by atoms with van der Waals surface area (Å²) < 4.78 is 0. The lowest BCUT2D eigenvalue weighted by molar-refractivity contribution is -0.125. The summed E-state index contributed by atoms with van der Waals surface area (Å²) in [6.45, 7) is 0. The third-order valence-electron chi connectivity index (χ3n) is 4.76. The van der Waals surface area contributed by atoms with E-state index in [1.165, 1.54) is 22.3 Å². The molecule has 1 N–H and O–H groups in total. The van der Waals surface area contributed by atoms with Crippen molar-refractivity contribution < 1.29 is 4.79 Å². The quantitative estimate of drug-likeness (QED) is 0.824. The monoisotopic (exact) mass is 289 g/mol. The van der Waals surface area contributed by atoms with E-state index in [1.807, 2.05) is 12.1 Å². The fourth-order valence-electron chi connectivity index (χ4n) is 3.60. The zero-order valence-corrected chi connectivity index (χ0v) is 12.5. The number of allylic oxidation sites excluding steroid dienone is 2. The summed E-state index contributed by atoms with van der Waals surface area (Å²) in [6, 6.07) is 16.7. The zero-order valence-electron chi connectivity index (χ0n) is 12.5. The molecule has 1 atom stereocenters. The number of carbonyl (C=O) groups is 1. The van der Waals surface area contributed by atoms with E-state index in [2.05, 4.69) is 53.9 Å². The molecule has 0 aliphatic heterocycles. The highest BCUT2D eigenvalue weighted by atomic mass is 16.1. The third kappa shape index (κ3) is 2.16. The van der Waals surface area contributed by atoms with Crippen LogP contribution in [-0.2, 0) is 4.79 Å². The molecule has 0 spiro atoms. The highest BCUT2D eigenvalue weighted by Gasteiger charge is 2.30. The number of hydrogen-bond donors (Lipinski definition) is 1. The van der Waals surface area contributed by atoms with Crippen LogP contribution in [0.2, 0.25) is 0 Å². The second kappa shape index (κ2) is 5.45. The second-order valence-electron chi connectivity index (χ2n) is 6.10. The standard InChI is InChI=1S/C20H19NO/c22-20(14-8-2-1-3-9-14)21-19-17-12-6-4-10-15(17)16-11-5-7-13-18(16)19/h1-2,4-7,10-14,19H,3,8-9H2,(H,21,22)/t14-/m1/s1. The van der Waals surface area contributed by atoms with Gasteiger partial charge in [0.05, 0.1) is 6.04 Å². The van der Waals surface area contributed by atoms with Gasteiger partial charge in [0.15, 0.2) is 0 Å². The molecule has 2 heteroatoms. The van der Waals surface area contributed by atoms with Gasteiger partial charge in [-0.1, -0.05) is 60.7 Å². The topological polar surface area (TPSA) is 29.1 Å². The molecule has 2 nitrogen and oxygen atoms in total. The molecule has 4 rings (SSSR count). The van der Waals surface area contributed by atoms with Crippen LogP contribution in [0.3, 0.4) is 0 Å². The molecular weight excluding hydrogens is 270 g/mol. The fourth-order valence-corrected chi connectivity index (χ4v) is 3.60. The highest BCUT2D eigenvalue weighted by molar-refractivity contribution is 5.84. The molecule has 0 saturated heterocycles. The van der Waals surface area contributed by atoms with E-state index < -0.39 is 0 Å². The smallest absolute Gasteiger partial charge is 0.224 e. The Morgan fingerprint density at radius 3 is 2.14 bits per heavy atom. The van der Waals surface area contributed by atoms with Gasteiger partial charge in [0.25, 0.3) is 0 Å². The van der Waals surface area contributed by atoms with Crippen molar-refractivity contribution in [2.75, 3.05) is 0 Å². The Hall–Kier alpha value is -2.35. The van der Waals surface area contributed by atoms with Gasteiger partial charge in [0.1, 0.15) is 0 Å². The van der Waals surface area contributed by atoms with Gasteiger partial charge in [-0.3, -0.25) is 4.79 Å². The van der Waals surface area contributed by atoms with Crippen molar-refractivity contribution in [2.24, 2.45) is 5.92 Å². The van der Waals surface area contributed by atoms with Crippen LogP contribution in [0.25, 0.3) is 11.1 Å². The minimum Gasteiger partial charge on any atom is -0.345 e. The van der Waals surface area contributed by atoms with Crippen LogP contribution < -0.4 is 5.32 Å². The van der Waals surface area contributed by atoms with Crippen LogP contribution in [0.4, 0.5) is 0 Å². The highest BCUT2D eigenvalue weighted by Crippen LogP contribution is 2.43. The van der Waals surface area contributed by atoms with Crippen LogP contribution in [-0.4, -0.2) is 5.91 Å². The average molecular weight is 289 g/mol. The van der Waals surface area contributed by atoms with Gasteiger partial charge in [-0.05, 0) is 41.5 Å². The van der Waals surface area contributed by atoms with Crippen LogP contribution in [0.15, 0.2) is 60.7 Å². The number of carbonyl (C=O) groups excluding carboxylic acids is 1. The molecule has 0 aromatic heterocycles. The number of benzene rings is 2. The minimum atomic E-state index is -0.00851. The Bertz CT molecular complexity index is 701. The average Bonchev–Trinajstić information content (AvgIpc) is 2.90. The molecule has 2 aromatic carbocycles. The van der Waals surface area contributed by atoms with Crippen LogP contribution in [0, 0.1) is 5.92 Å². The van der Waals surface area contributed by atoms with Crippen molar-refractivity contribution in [3.8, 4) is 11.1 Å². The second-order valence-corrected chi connectivity index (χ2v) is 6.10. The van der Waals surface area contributed by atoms with Gasteiger partial charge >= 0.3 is 0 Å². The first kappa shape index (κ1) is 13.3. The minimum absolute atomic E-state index is 0.00851. The Morgan fingerprint density at radius 2 is 1.55 bits per heavy atom. The number of amides is 1. The van der Waals surface area contributed by atoms with Gasteiger partial charge in [-0.25, -0.2) is 0 Å². The van der Waals surface area contributed by atoms with Crippen LogP contribution in [0.1, 0.15) is 36.4 Å². The van der Waals surface area contributed by atoms with Crippen LogP contribution in [0.5, 0.6) is 0 Å². The fraction of sp³-hybridized carbons (Fsp3) is 0.250. The molecule has 0 unspecified atom stereocenters. The Kier molecular flexibility index (Phi) is 3.30. The van der Waals surface area contributed by atoms with E-state index in [-0.39, 0.29) is 17.9 Å². The molecule has 0 saturated carbocycles. The summed E-state index contributed by atoms with van der Waals surface area (Å²) in [7, 11) is 0. The largest absolute Gasteiger partial charge is 0.345 e. The SMILES string of the molecule is O=C(NC1c2ccccc2-c2ccccc21)[C@@H]1CC=CCC1. The molecule has 1 amide bonds. The number of nitrogens with one attached hydrogen (secondary N) is 1. The van der Waals surface area contributed by atoms with Gasteiger partial charge in [-0.15, -0.1) is 0 Å². The molecule has 0 radical (unpaired) electrons. The normalized spacial score (nSPS) is 19.5. The first-order valence-corrected chi connectivity index (χ1v) is 7.98. The first-order valence-electron chi connectivity index (χ1n) is 7.98. The predicted octanol–water partition coefficient (Wildman–Crippen LogP) is 4.23. The Labute approximate surface area is 130 Å². The van der Waals surface area contributed by atoms with Gasteiger partial charge in [0, 0.05) is 5.92 Å². The third-order valence-corrected chi connectivity index (χ3v) is 4.76. The van der Waals surface area contributed by atoms with Crippen molar-refractivity contribution in [3.05, 3.63) is 71.8 Å². The zero-order chi connectivity index (χ0) is 14.9. The first-order chi connectivity index (χ1) is 10.8. The number of rotatable bonds is 2. The lowest BCUT2D eigenvalue weighted by Crippen LogP contribution is -2.34. The van der Waals surface area contributed by atoms with Crippen molar-refractivity contribution in [2.45, 2.75) is 25.3 Å².